The fourth-order valence-electron chi connectivity index (χ4n) is 8.37. The molecule has 2 N–H and O–H groups in total. The summed E-state index contributed by atoms with van der Waals surface area (Å²) in [5, 5.41) is 7.34. The molecule has 12 nitrogen and oxygen atoms in total. The maximum Gasteiger partial charge on any atom is 0.236 e. The second-order valence-corrected chi connectivity index (χ2v) is 17.2. The van der Waals surface area contributed by atoms with Gasteiger partial charge in [0, 0.05) is 65.4 Å². The first-order valence-electron chi connectivity index (χ1n) is 22.6. The van der Waals surface area contributed by atoms with Crippen molar-refractivity contribution < 1.29 is 14.4 Å². The number of rotatable bonds is 5. The Labute approximate surface area is 357 Å². The summed E-state index contributed by atoms with van der Waals surface area (Å²) in [6, 6.07) is 12.5. The summed E-state index contributed by atoms with van der Waals surface area (Å²) >= 11 is 3.16. The van der Waals surface area contributed by atoms with Crippen molar-refractivity contribution in [3.05, 3.63) is 59.2 Å². The number of halogens is 1. The number of amides is 3. The lowest BCUT2D eigenvalue weighted by atomic mass is 10.1. The molecular formula is C45H72BrN9O3. The number of nitrogens with zero attached hydrogens (tertiary/aromatic N) is 7. The molecule has 5 aliphatic rings. The molecule has 4 bridgehead atoms. The predicted molar refractivity (Wildman–Crippen MR) is 235 cm³/mol. The molecule has 0 saturated carbocycles. The quantitative estimate of drug-likeness (QED) is 0.364. The molecule has 7 heterocycles. The monoisotopic (exact) mass is 865 g/mol. The number of hydrogen-bond donors (Lipinski definition) is 2. The van der Waals surface area contributed by atoms with Crippen LogP contribution in [0.3, 0.4) is 0 Å². The van der Waals surface area contributed by atoms with Gasteiger partial charge in [0.05, 0.1) is 41.2 Å². The Morgan fingerprint density at radius 1 is 0.466 bits per heavy atom. The number of likely N-dealkylation sites (tertiary alicyclic amines) is 3. The highest BCUT2D eigenvalue weighted by Gasteiger charge is 2.22. The number of carbonyl (C=O) groups excluding carboxylic acids is 3. The van der Waals surface area contributed by atoms with Crippen molar-refractivity contribution in [1.82, 2.24) is 45.1 Å². The predicted octanol–water partition coefficient (Wildman–Crippen LogP) is 5.73. The van der Waals surface area contributed by atoms with Crippen molar-refractivity contribution in [2.75, 3.05) is 83.9 Å². The molecule has 2 aromatic heterocycles. The number of carbonyl (C=O) groups is 3. The maximum atomic E-state index is 12.9. The van der Waals surface area contributed by atoms with Crippen LogP contribution in [-0.4, -0.2) is 136 Å². The first-order chi connectivity index (χ1) is 28.5. The molecule has 7 rings (SSSR count). The topological polar surface area (TPSA) is 117 Å². The fourth-order valence-corrected chi connectivity index (χ4v) is 8.73. The Balaban J connectivity index is 0.000000209. The van der Waals surface area contributed by atoms with E-state index in [4.69, 9.17) is 4.98 Å². The van der Waals surface area contributed by atoms with E-state index in [1.807, 2.05) is 14.7 Å². The number of alkyl halides is 1. The SMILES string of the molecule is O=C(CBr)N1CCCCC1.O=C(CN1CCCCCN(CC(=O)N2CCCCC2)Cc2cccc(n2)C1)N1CCCCC1.c1cc2nc(c1)CNCCCCCNC2. The van der Waals surface area contributed by atoms with Gasteiger partial charge < -0.3 is 25.3 Å². The van der Waals surface area contributed by atoms with E-state index in [9.17, 15) is 14.4 Å². The summed E-state index contributed by atoms with van der Waals surface area (Å²) in [6.07, 6.45) is 17.7. The zero-order valence-electron chi connectivity index (χ0n) is 35.3. The number of fused-ring (bicyclic) bond motifs is 4. The summed E-state index contributed by atoms with van der Waals surface area (Å²) < 4.78 is 0. The Morgan fingerprint density at radius 3 is 1.22 bits per heavy atom. The van der Waals surface area contributed by atoms with E-state index >= 15 is 0 Å². The number of pyridine rings is 2. The number of nitrogens with one attached hydrogen (secondary N) is 2. The molecule has 0 aromatic carbocycles. The average molecular weight is 867 g/mol. The Morgan fingerprint density at radius 2 is 0.810 bits per heavy atom. The molecule has 13 heteroatoms. The van der Waals surface area contributed by atoms with Crippen LogP contribution < -0.4 is 10.6 Å². The second-order valence-electron chi connectivity index (χ2n) is 16.6. The van der Waals surface area contributed by atoms with Crippen LogP contribution in [-0.2, 0) is 40.6 Å². The molecule has 322 valence electrons. The largest absolute Gasteiger partial charge is 0.342 e. The second kappa shape index (κ2) is 27.0. The normalized spacial score (nSPS) is 20.6. The highest BCUT2D eigenvalue weighted by Crippen LogP contribution is 2.16. The van der Waals surface area contributed by atoms with Gasteiger partial charge in [-0.05, 0) is 134 Å². The van der Waals surface area contributed by atoms with Gasteiger partial charge in [-0.2, -0.15) is 0 Å². The van der Waals surface area contributed by atoms with Gasteiger partial charge in [0.1, 0.15) is 0 Å². The molecule has 0 aliphatic carbocycles. The highest BCUT2D eigenvalue weighted by atomic mass is 79.9. The summed E-state index contributed by atoms with van der Waals surface area (Å²) in [7, 11) is 0. The number of hydrogen-bond acceptors (Lipinski definition) is 9. The lowest BCUT2D eigenvalue weighted by Gasteiger charge is -2.31. The number of piperidine rings is 3. The van der Waals surface area contributed by atoms with Crippen molar-refractivity contribution in [2.24, 2.45) is 0 Å². The Hall–Kier alpha value is -2.97. The third-order valence-electron chi connectivity index (χ3n) is 11.7. The van der Waals surface area contributed by atoms with Crippen molar-refractivity contribution in [3.63, 3.8) is 0 Å². The van der Waals surface area contributed by atoms with Crippen LogP contribution in [0.2, 0.25) is 0 Å². The summed E-state index contributed by atoms with van der Waals surface area (Å²) in [4.78, 5) is 56.8. The third-order valence-corrected chi connectivity index (χ3v) is 12.2. The van der Waals surface area contributed by atoms with Crippen LogP contribution >= 0.6 is 15.9 Å². The Bertz CT molecular complexity index is 1410. The molecule has 0 spiro atoms. The molecule has 0 radical (unpaired) electrons. The van der Waals surface area contributed by atoms with Crippen LogP contribution in [0.1, 0.15) is 119 Å². The molecule has 3 saturated heterocycles. The van der Waals surface area contributed by atoms with E-state index in [1.165, 1.54) is 51.4 Å². The minimum absolute atomic E-state index is 0.236. The average Bonchev–Trinajstić information content (AvgIpc) is 3.26. The summed E-state index contributed by atoms with van der Waals surface area (Å²) in [6.45, 7) is 13.8. The van der Waals surface area contributed by atoms with Crippen LogP contribution in [0.4, 0.5) is 0 Å². The molecule has 3 amide bonds. The zero-order valence-corrected chi connectivity index (χ0v) is 36.9. The minimum atomic E-state index is 0.236. The van der Waals surface area contributed by atoms with Gasteiger partial charge in [-0.25, -0.2) is 0 Å². The van der Waals surface area contributed by atoms with Gasteiger partial charge in [0.25, 0.3) is 0 Å². The van der Waals surface area contributed by atoms with Crippen molar-refractivity contribution in [3.8, 4) is 0 Å². The highest BCUT2D eigenvalue weighted by molar-refractivity contribution is 9.09. The fraction of sp³-hybridized carbons (Fsp3) is 0.711. The summed E-state index contributed by atoms with van der Waals surface area (Å²) in [5.41, 5.74) is 4.33. The van der Waals surface area contributed by atoms with E-state index in [0.29, 0.717) is 31.5 Å². The van der Waals surface area contributed by atoms with E-state index < -0.39 is 0 Å². The van der Waals surface area contributed by atoms with Crippen LogP contribution in [0.25, 0.3) is 0 Å². The lowest BCUT2D eigenvalue weighted by Crippen LogP contribution is -2.43. The van der Waals surface area contributed by atoms with Crippen molar-refractivity contribution >= 4 is 33.7 Å². The van der Waals surface area contributed by atoms with E-state index in [0.717, 1.165) is 146 Å². The molecule has 0 unspecified atom stereocenters. The van der Waals surface area contributed by atoms with Gasteiger partial charge >= 0.3 is 0 Å². The molecular weight excluding hydrogens is 794 g/mol. The van der Waals surface area contributed by atoms with Crippen LogP contribution in [0, 0.1) is 0 Å². The maximum absolute atomic E-state index is 12.9. The molecule has 0 atom stereocenters. The van der Waals surface area contributed by atoms with Gasteiger partial charge in [0.15, 0.2) is 0 Å². The minimum Gasteiger partial charge on any atom is -0.342 e. The lowest BCUT2D eigenvalue weighted by molar-refractivity contribution is -0.134. The first-order valence-corrected chi connectivity index (χ1v) is 23.7. The van der Waals surface area contributed by atoms with E-state index in [-0.39, 0.29) is 17.7 Å². The standard InChI is InChI=1S/C26H41N5O2.C12H19N3.C7H12BrNO/c32-25(30-15-6-2-7-16-30)21-28-13-4-1-5-14-29(20-24-12-10-11-23(19-28)27-24)22-26(33)31-17-8-3-9-18-31;1-2-7-13-9-11-5-4-6-12(15-11)10-14-8-3-1;8-6-7(10)9-4-2-1-3-5-9/h10-12H,1-9,13-22H2;4-6,13-14H,1-3,7-10H2;1-6H2. The van der Waals surface area contributed by atoms with Crippen molar-refractivity contribution in [2.45, 2.75) is 122 Å². The van der Waals surface area contributed by atoms with Gasteiger partial charge in [-0.15, -0.1) is 0 Å². The van der Waals surface area contributed by atoms with Crippen LogP contribution in [0.5, 0.6) is 0 Å². The number of aromatic nitrogens is 2. The third kappa shape index (κ3) is 17.3. The van der Waals surface area contributed by atoms with Gasteiger partial charge in [0.2, 0.25) is 17.7 Å². The van der Waals surface area contributed by atoms with Gasteiger partial charge in [-0.1, -0.05) is 40.9 Å². The molecule has 5 aliphatic heterocycles. The van der Waals surface area contributed by atoms with Crippen LogP contribution in [0.15, 0.2) is 36.4 Å². The smallest absolute Gasteiger partial charge is 0.236 e. The van der Waals surface area contributed by atoms with Crippen molar-refractivity contribution in [1.29, 1.82) is 0 Å². The molecule has 58 heavy (non-hydrogen) atoms. The Kier molecular flexibility index (Phi) is 21.5. The molecule has 3 fully saturated rings. The van der Waals surface area contributed by atoms with Gasteiger partial charge in [-0.3, -0.25) is 34.2 Å². The zero-order chi connectivity index (χ0) is 40.6. The van der Waals surface area contributed by atoms with E-state index in [1.54, 1.807) is 0 Å². The van der Waals surface area contributed by atoms with E-state index in [2.05, 4.69) is 77.7 Å². The molecule has 2 aromatic rings. The first kappa shape index (κ1) is 46.1. The summed E-state index contributed by atoms with van der Waals surface area (Å²) in [5.74, 6) is 0.764.